The monoisotopic (exact) mass is 320 g/mol. The van der Waals surface area contributed by atoms with Gasteiger partial charge in [-0.05, 0) is 28.1 Å². The van der Waals surface area contributed by atoms with Gasteiger partial charge in [-0.25, -0.2) is 4.79 Å². The van der Waals surface area contributed by atoms with Crippen LogP contribution >= 0.6 is 11.3 Å². The van der Waals surface area contributed by atoms with E-state index in [1.807, 2.05) is 66.0 Å². The number of carbonyl (C=O) groups excluding carboxylic acids is 1. The van der Waals surface area contributed by atoms with Crippen molar-refractivity contribution in [3.05, 3.63) is 89.3 Å². The lowest BCUT2D eigenvalue weighted by atomic mass is 10.1. The maximum absolute atomic E-state index is 12.4. The standard InChI is InChI=1S/C20H16O2S/c1-2-15-8-10-16(11-9-15)14-22-20(21)18-12-13-23-19(18)17-6-4-3-5-7-17/h2-13H,1,14H2. The maximum atomic E-state index is 12.4. The summed E-state index contributed by atoms with van der Waals surface area (Å²) in [6, 6.07) is 19.5. The number of esters is 1. The van der Waals surface area contributed by atoms with Crippen molar-refractivity contribution in [2.75, 3.05) is 0 Å². The zero-order valence-corrected chi connectivity index (χ0v) is 13.4. The predicted octanol–water partition coefficient (Wildman–Crippen LogP) is 5.42. The molecule has 0 spiro atoms. The zero-order chi connectivity index (χ0) is 16.1. The van der Waals surface area contributed by atoms with Gasteiger partial charge in [-0.3, -0.25) is 0 Å². The number of carbonyl (C=O) groups is 1. The average molecular weight is 320 g/mol. The molecule has 0 fully saturated rings. The molecule has 0 aliphatic rings. The molecule has 114 valence electrons. The number of ether oxygens (including phenoxy) is 1. The van der Waals surface area contributed by atoms with E-state index in [2.05, 4.69) is 6.58 Å². The van der Waals surface area contributed by atoms with Crippen molar-refractivity contribution in [1.29, 1.82) is 0 Å². The first-order valence-electron chi connectivity index (χ1n) is 7.29. The lowest BCUT2D eigenvalue weighted by Crippen LogP contribution is -2.05. The van der Waals surface area contributed by atoms with E-state index in [1.54, 1.807) is 17.4 Å². The summed E-state index contributed by atoms with van der Waals surface area (Å²) in [7, 11) is 0. The lowest BCUT2D eigenvalue weighted by molar-refractivity contribution is 0.0474. The lowest BCUT2D eigenvalue weighted by Gasteiger charge is -2.06. The Morgan fingerprint density at radius 3 is 2.48 bits per heavy atom. The summed E-state index contributed by atoms with van der Waals surface area (Å²) in [5.74, 6) is -0.294. The van der Waals surface area contributed by atoms with Crippen LogP contribution in [0.1, 0.15) is 21.5 Å². The van der Waals surface area contributed by atoms with Crippen LogP contribution in [0.2, 0.25) is 0 Å². The van der Waals surface area contributed by atoms with Crippen molar-refractivity contribution in [3.8, 4) is 10.4 Å². The number of rotatable bonds is 5. The minimum absolute atomic E-state index is 0.264. The van der Waals surface area contributed by atoms with E-state index < -0.39 is 0 Å². The van der Waals surface area contributed by atoms with Crippen LogP contribution in [-0.2, 0) is 11.3 Å². The van der Waals surface area contributed by atoms with E-state index in [4.69, 9.17) is 4.74 Å². The highest BCUT2D eigenvalue weighted by atomic mass is 32.1. The van der Waals surface area contributed by atoms with Crippen LogP contribution < -0.4 is 0 Å². The molecular weight excluding hydrogens is 304 g/mol. The number of hydrogen-bond acceptors (Lipinski definition) is 3. The van der Waals surface area contributed by atoms with Crippen molar-refractivity contribution in [2.45, 2.75) is 6.61 Å². The summed E-state index contributed by atoms with van der Waals surface area (Å²) in [6.45, 7) is 3.99. The molecule has 0 amide bonds. The summed E-state index contributed by atoms with van der Waals surface area (Å²) >= 11 is 1.55. The van der Waals surface area contributed by atoms with Crippen LogP contribution in [0.3, 0.4) is 0 Å². The third kappa shape index (κ3) is 3.58. The van der Waals surface area contributed by atoms with Crippen LogP contribution in [0.5, 0.6) is 0 Å². The Balaban J connectivity index is 1.71. The fraction of sp³-hybridized carbons (Fsp3) is 0.0500. The van der Waals surface area contributed by atoms with E-state index in [0.29, 0.717) is 5.56 Å². The second-order valence-electron chi connectivity index (χ2n) is 5.05. The Morgan fingerprint density at radius 2 is 1.78 bits per heavy atom. The Kier molecular flexibility index (Phi) is 4.69. The van der Waals surface area contributed by atoms with E-state index in [0.717, 1.165) is 21.6 Å². The van der Waals surface area contributed by atoms with Gasteiger partial charge in [0.25, 0.3) is 0 Å². The minimum Gasteiger partial charge on any atom is -0.457 e. The smallest absolute Gasteiger partial charge is 0.339 e. The van der Waals surface area contributed by atoms with Gasteiger partial charge in [-0.15, -0.1) is 11.3 Å². The highest BCUT2D eigenvalue weighted by molar-refractivity contribution is 7.14. The van der Waals surface area contributed by atoms with Gasteiger partial charge in [0.15, 0.2) is 0 Å². The molecule has 0 N–H and O–H groups in total. The molecule has 0 saturated carbocycles. The van der Waals surface area contributed by atoms with Gasteiger partial charge in [-0.1, -0.05) is 67.3 Å². The molecule has 2 aromatic carbocycles. The molecule has 2 nitrogen and oxygen atoms in total. The van der Waals surface area contributed by atoms with Gasteiger partial charge in [0.05, 0.1) is 5.56 Å². The Morgan fingerprint density at radius 1 is 1.04 bits per heavy atom. The fourth-order valence-corrected chi connectivity index (χ4v) is 3.15. The number of benzene rings is 2. The van der Waals surface area contributed by atoms with Crippen molar-refractivity contribution in [3.63, 3.8) is 0 Å². The molecule has 3 rings (SSSR count). The minimum atomic E-state index is -0.294. The molecule has 1 heterocycles. The summed E-state index contributed by atoms with van der Waals surface area (Å²) in [5.41, 5.74) is 3.65. The molecule has 3 heteroatoms. The Labute approximate surface area is 139 Å². The topological polar surface area (TPSA) is 26.3 Å². The fourth-order valence-electron chi connectivity index (χ4n) is 2.26. The third-order valence-electron chi connectivity index (χ3n) is 3.51. The first kappa shape index (κ1) is 15.3. The molecular formula is C20H16O2S. The zero-order valence-electron chi connectivity index (χ0n) is 12.6. The maximum Gasteiger partial charge on any atom is 0.339 e. The number of hydrogen-bond donors (Lipinski definition) is 0. The molecule has 3 aromatic rings. The van der Waals surface area contributed by atoms with Crippen LogP contribution in [0.15, 0.2) is 72.6 Å². The Hall–Kier alpha value is -2.65. The summed E-state index contributed by atoms with van der Waals surface area (Å²) in [5, 5.41) is 1.91. The summed E-state index contributed by atoms with van der Waals surface area (Å²) in [6.07, 6.45) is 1.79. The third-order valence-corrected chi connectivity index (χ3v) is 4.47. The van der Waals surface area contributed by atoms with Crippen LogP contribution in [-0.4, -0.2) is 5.97 Å². The van der Waals surface area contributed by atoms with Gasteiger partial charge >= 0.3 is 5.97 Å². The molecule has 0 aliphatic carbocycles. The molecule has 23 heavy (non-hydrogen) atoms. The van der Waals surface area contributed by atoms with Gasteiger partial charge in [-0.2, -0.15) is 0 Å². The van der Waals surface area contributed by atoms with Crippen LogP contribution in [0.4, 0.5) is 0 Å². The van der Waals surface area contributed by atoms with Crippen molar-refractivity contribution in [2.24, 2.45) is 0 Å². The predicted molar refractivity (Wildman–Crippen MR) is 95.4 cm³/mol. The average Bonchev–Trinajstić information content (AvgIpc) is 3.11. The van der Waals surface area contributed by atoms with Gasteiger partial charge in [0, 0.05) is 4.88 Å². The second-order valence-corrected chi connectivity index (χ2v) is 5.97. The summed E-state index contributed by atoms with van der Waals surface area (Å²) < 4.78 is 5.45. The molecule has 0 unspecified atom stereocenters. The highest BCUT2D eigenvalue weighted by Crippen LogP contribution is 2.30. The largest absolute Gasteiger partial charge is 0.457 e. The second kappa shape index (κ2) is 7.07. The van der Waals surface area contributed by atoms with E-state index in [9.17, 15) is 4.79 Å². The molecule has 1 aromatic heterocycles. The van der Waals surface area contributed by atoms with E-state index >= 15 is 0 Å². The SMILES string of the molecule is C=Cc1ccc(COC(=O)c2ccsc2-c2ccccc2)cc1. The molecule has 0 atom stereocenters. The first-order chi connectivity index (χ1) is 11.3. The molecule has 0 bridgehead atoms. The molecule has 0 radical (unpaired) electrons. The van der Waals surface area contributed by atoms with E-state index in [1.165, 1.54) is 0 Å². The van der Waals surface area contributed by atoms with Crippen LogP contribution in [0.25, 0.3) is 16.5 Å². The molecule has 0 saturated heterocycles. The van der Waals surface area contributed by atoms with E-state index in [-0.39, 0.29) is 12.6 Å². The van der Waals surface area contributed by atoms with Crippen molar-refractivity contribution >= 4 is 23.4 Å². The quantitative estimate of drug-likeness (QED) is 0.587. The summed E-state index contributed by atoms with van der Waals surface area (Å²) in [4.78, 5) is 13.3. The first-order valence-corrected chi connectivity index (χ1v) is 8.17. The number of thiophene rings is 1. The van der Waals surface area contributed by atoms with Crippen molar-refractivity contribution < 1.29 is 9.53 Å². The van der Waals surface area contributed by atoms with Gasteiger partial charge in [0.1, 0.15) is 6.61 Å². The van der Waals surface area contributed by atoms with Gasteiger partial charge < -0.3 is 4.74 Å². The Bertz CT molecular complexity index is 801. The highest BCUT2D eigenvalue weighted by Gasteiger charge is 2.15. The van der Waals surface area contributed by atoms with Crippen molar-refractivity contribution in [1.82, 2.24) is 0 Å². The van der Waals surface area contributed by atoms with Crippen LogP contribution in [0, 0.1) is 0 Å². The van der Waals surface area contributed by atoms with Gasteiger partial charge in [0.2, 0.25) is 0 Å². The normalized spacial score (nSPS) is 10.3. The molecule has 0 aliphatic heterocycles.